The van der Waals surface area contributed by atoms with Gasteiger partial charge < -0.3 is 54.9 Å². The van der Waals surface area contributed by atoms with Crippen molar-refractivity contribution in [1.82, 2.24) is 0 Å². The zero-order chi connectivity index (χ0) is 31.3. The van der Waals surface area contributed by atoms with Gasteiger partial charge in [-0.1, -0.05) is 35.9 Å². The summed E-state index contributed by atoms with van der Waals surface area (Å²) in [6.07, 6.45) is -13.3. The Hall–Kier alpha value is -2.69. The molecule has 1 saturated heterocycles. The van der Waals surface area contributed by atoms with Crippen LogP contribution >= 0.6 is 11.6 Å². The fourth-order valence-corrected chi connectivity index (χ4v) is 5.25. The third-order valence-electron chi connectivity index (χ3n) is 7.45. The number of rotatable bonds is 10. The average molecular weight is 626 g/mol. The highest BCUT2D eigenvalue weighted by Crippen LogP contribution is 2.33. The summed E-state index contributed by atoms with van der Waals surface area (Å²) in [6, 6.07) is 12.9. The molecular formula is C29H36ClNO12. The van der Waals surface area contributed by atoms with Crippen LogP contribution in [0.1, 0.15) is 29.3 Å². The molecule has 236 valence electrons. The molecule has 0 aromatic heterocycles. The Morgan fingerprint density at radius 2 is 1.70 bits per heavy atom. The second kappa shape index (κ2) is 14.9. The van der Waals surface area contributed by atoms with Gasteiger partial charge in [-0.05, 0) is 36.2 Å². The lowest BCUT2D eigenvalue weighted by Crippen LogP contribution is -2.63. The predicted molar refractivity (Wildman–Crippen MR) is 150 cm³/mol. The number of carbonyl (C=O) groups is 2. The number of nitrogens with one attached hydrogen (secondary N) is 1. The van der Waals surface area contributed by atoms with E-state index in [9.17, 15) is 40.2 Å². The minimum atomic E-state index is -1.68. The number of anilines is 1. The van der Waals surface area contributed by atoms with E-state index in [1.54, 1.807) is 48.5 Å². The van der Waals surface area contributed by atoms with E-state index in [0.717, 1.165) is 0 Å². The van der Waals surface area contributed by atoms with Crippen molar-refractivity contribution >= 4 is 29.2 Å². The van der Waals surface area contributed by atoms with E-state index in [1.165, 1.54) is 6.92 Å². The van der Waals surface area contributed by atoms with Crippen LogP contribution in [0.2, 0.25) is 5.02 Å². The van der Waals surface area contributed by atoms with Gasteiger partial charge in [0, 0.05) is 19.4 Å². The Labute approximate surface area is 252 Å². The van der Waals surface area contributed by atoms with Gasteiger partial charge in [-0.2, -0.15) is 0 Å². The molecule has 2 aliphatic rings. The number of benzene rings is 2. The summed E-state index contributed by atoms with van der Waals surface area (Å²) in [6.45, 7) is 0.242. The summed E-state index contributed by atoms with van der Waals surface area (Å²) >= 11 is 6.13. The second-order valence-electron chi connectivity index (χ2n) is 10.6. The number of hydrogen-bond donors (Lipinski definition) is 7. The van der Waals surface area contributed by atoms with Crippen molar-refractivity contribution in [1.29, 1.82) is 0 Å². The second-order valence-corrected chi connectivity index (χ2v) is 11.0. The van der Waals surface area contributed by atoms with Crippen LogP contribution in [0.3, 0.4) is 0 Å². The number of hydrogen-bond acceptors (Lipinski definition) is 12. The summed E-state index contributed by atoms with van der Waals surface area (Å²) in [4.78, 5) is 24.1. The normalized spacial score (nSPS) is 32.7. The maximum Gasteiger partial charge on any atom is 0.338 e. The number of ether oxygens (including phenoxy) is 4. The lowest BCUT2D eigenvalue weighted by Gasteiger charge is -2.46. The minimum Gasteiger partial charge on any atom is -0.459 e. The van der Waals surface area contributed by atoms with Crippen molar-refractivity contribution in [2.24, 2.45) is 5.92 Å². The molecular weight excluding hydrogens is 590 g/mol. The van der Waals surface area contributed by atoms with Crippen LogP contribution in [0.5, 0.6) is 0 Å². The third-order valence-corrected chi connectivity index (χ3v) is 7.78. The van der Waals surface area contributed by atoms with Gasteiger partial charge in [0.25, 0.3) is 0 Å². The molecule has 0 bridgehead atoms. The monoisotopic (exact) mass is 625 g/mol. The molecule has 1 aliphatic carbocycles. The molecule has 2 aromatic rings. The lowest BCUT2D eigenvalue weighted by molar-refractivity contribution is -0.322. The molecule has 10 atom stereocenters. The number of halogens is 1. The van der Waals surface area contributed by atoms with Gasteiger partial charge in [-0.25, -0.2) is 4.79 Å². The lowest BCUT2D eigenvalue weighted by atomic mass is 9.81. The third kappa shape index (κ3) is 8.08. The van der Waals surface area contributed by atoms with Gasteiger partial charge >= 0.3 is 5.97 Å². The quantitative estimate of drug-likeness (QED) is 0.174. The Morgan fingerprint density at radius 1 is 0.977 bits per heavy atom. The van der Waals surface area contributed by atoms with Crippen LogP contribution < -0.4 is 5.32 Å². The van der Waals surface area contributed by atoms with Crippen molar-refractivity contribution in [2.75, 3.05) is 18.5 Å². The first kappa shape index (κ1) is 33.2. The van der Waals surface area contributed by atoms with Gasteiger partial charge in [0.15, 0.2) is 6.29 Å². The average Bonchev–Trinajstić information content (AvgIpc) is 3.00. The molecule has 2 aromatic carbocycles. The van der Waals surface area contributed by atoms with Crippen LogP contribution in [0.4, 0.5) is 5.69 Å². The topological polar surface area (TPSA) is 204 Å². The fourth-order valence-electron chi connectivity index (χ4n) is 5.09. The van der Waals surface area contributed by atoms with Crippen LogP contribution in [0.25, 0.3) is 0 Å². The van der Waals surface area contributed by atoms with Crippen LogP contribution in [-0.4, -0.2) is 111 Å². The Morgan fingerprint density at radius 3 is 2.37 bits per heavy atom. The van der Waals surface area contributed by atoms with E-state index >= 15 is 0 Å². The Balaban J connectivity index is 1.51. The Kier molecular flexibility index (Phi) is 11.5. The Bertz CT molecular complexity index is 1230. The van der Waals surface area contributed by atoms with Crippen molar-refractivity contribution in [3.63, 3.8) is 0 Å². The van der Waals surface area contributed by atoms with Gasteiger partial charge in [-0.15, -0.1) is 0 Å². The molecule has 0 unspecified atom stereocenters. The van der Waals surface area contributed by atoms with Crippen molar-refractivity contribution in [2.45, 2.75) is 75.1 Å². The predicted octanol–water partition coefficient (Wildman–Crippen LogP) is -0.0326. The molecule has 1 saturated carbocycles. The van der Waals surface area contributed by atoms with E-state index in [-0.39, 0.29) is 24.5 Å². The van der Waals surface area contributed by atoms with E-state index < -0.39 is 80.2 Å². The molecule has 1 heterocycles. The fraction of sp³-hybridized carbons (Fsp3) is 0.517. The van der Waals surface area contributed by atoms with Crippen molar-refractivity contribution < 1.29 is 59.2 Å². The van der Waals surface area contributed by atoms with Crippen molar-refractivity contribution in [3.05, 3.63) is 64.7 Å². The zero-order valence-corrected chi connectivity index (χ0v) is 24.0. The van der Waals surface area contributed by atoms with Gasteiger partial charge in [0.2, 0.25) is 5.91 Å². The van der Waals surface area contributed by atoms with Gasteiger partial charge in [-0.3, -0.25) is 4.79 Å². The van der Waals surface area contributed by atoms with E-state index in [4.69, 9.17) is 30.5 Å². The molecule has 14 heteroatoms. The summed E-state index contributed by atoms with van der Waals surface area (Å²) in [5.41, 5.74) is 1.16. The molecule has 7 N–H and O–H groups in total. The maximum absolute atomic E-state index is 12.6. The van der Waals surface area contributed by atoms with Crippen LogP contribution in [-0.2, 0) is 30.3 Å². The molecule has 2 fully saturated rings. The standard InChI is InChI=1S/C29H36ClNO12/c1-14(33)31-19-9-15(7-8-18(19)30)12-41-29-26(38)25(37)27(42-20-10-17(11-32)22(34)24(36)23(20)35)21(43-29)13-40-28(39)16-5-3-2-4-6-16/h2-9,17,20-27,29,32,34-38H,10-13H2,1H3,(H,31,33)/t17-,20-,21-,22+,23+,24-,25+,26-,27-,29+/m0/s1. The van der Waals surface area contributed by atoms with E-state index in [0.29, 0.717) is 16.3 Å². The zero-order valence-electron chi connectivity index (χ0n) is 23.2. The highest BCUT2D eigenvalue weighted by Gasteiger charge is 2.50. The molecule has 0 spiro atoms. The number of esters is 1. The largest absolute Gasteiger partial charge is 0.459 e. The first-order valence-corrected chi connectivity index (χ1v) is 14.1. The molecule has 1 amide bonds. The summed E-state index contributed by atoms with van der Waals surface area (Å²) in [7, 11) is 0. The number of carbonyl (C=O) groups excluding carboxylic acids is 2. The molecule has 0 radical (unpaired) electrons. The molecule has 4 rings (SSSR count). The summed E-state index contributed by atoms with van der Waals surface area (Å²) in [5, 5.41) is 65.5. The van der Waals surface area contributed by atoms with E-state index in [2.05, 4.69) is 5.32 Å². The molecule has 13 nitrogen and oxygen atoms in total. The van der Waals surface area contributed by atoms with E-state index in [1.807, 2.05) is 0 Å². The first-order chi connectivity index (χ1) is 20.5. The van der Waals surface area contributed by atoms with Crippen LogP contribution in [0, 0.1) is 5.92 Å². The van der Waals surface area contributed by atoms with Crippen LogP contribution in [0.15, 0.2) is 48.5 Å². The van der Waals surface area contributed by atoms with Crippen molar-refractivity contribution in [3.8, 4) is 0 Å². The number of amides is 1. The minimum absolute atomic E-state index is 0.0845. The van der Waals surface area contributed by atoms with Gasteiger partial charge in [0.05, 0.1) is 35.1 Å². The highest BCUT2D eigenvalue weighted by molar-refractivity contribution is 6.33. The highest BCUT2D eigenvalue weighted by atomic mass is 35.5. The summed E-state index contributed by atoms with van der Waals surface area (Å²) < 4.78 is 23.0. The summed E-state index contributed by atoms with van der Waals surface area (Å²) in [5.74, 6) is -1.85. The number of aliphatic hydroxyl groups is 6. The van der Waals surface area contributed by atoms with Gasteiger partial charge in [0.1, 0.15) is 43.2 Å². The SMILES string of the molecule is CC(=O)Nc1cc(CO[C@@H]2O[C@@H](COC(=O)c3ccccc3)[C@H](O[C@H]3C[C@@H](CO)[C@@H](O)[C@H](O)[C@@H]3O)[C@H](O)[C@@H]2O)ccc1Cl. The first-order valence-electron chi connectivity index (χ1n) is 13.7. The number of aliphatic hydroxyl groups excluding tert-OH is 6. The molecule has 1 aliphatic heterocycles. The smallest absolute Gasteiger partial charge is 0.338 e. The molecule has 43 heavy (non-hydrogen) atoms. The maximum atomic E-state index is 12.6.